The number of aromatic nitrogens is 1. The minimum atomic E-state index is -0.465. The summed E-state index contributed by atoms with van der Waals surface area (Å²) in [6.07, 6.45) is 0. The minimum Gasteiger partial charge on any atom is -0.447 e. The molecule has 0 radical (unpaired) electrons. The number of anilines is 1. The van der Waals surface area contributed by atoms with Gasteiger partial charge in [0.25, 0.3) is 0 Å². The van der Waals surface area contributed by atoms with Crippen molar-refractivity contribution in [3.05, 3.63) is 54.2 Å². The molecule has 3 aromatic rings. The summed E-state index contributed by atoms with van der Waals surface area (Å²) in [6, 6.07) is 16.1. The Hall–Kier alpha value is -2.33. The van der Waals surface area contributed by atoms with Crippen molar-refractivity contribution in [3.8, 4) is 11.1 Å². The molecule has 0 fully saturated rings. The van der Waals surface area contributed by atoms with Crippen LogP contribution in [0.5, 0.6) is 0 Å². The van der Waals surface area contributed by atoms with E-state index in [-0.39, 0.29) is 0 Å². The van der Waals surface area contributed by atoms with Gasteiger partial charge in [-0.3, -0.25) is 0 Å². The molecule has 104 valence electrons. The number of hydrogen-bond donors (Lipinski definition) is 2. The number of rotatable bonds is 2. The zero-order valence-electron chi connectivity index (χ0n) is 12.2. The van der Waals surface area contributed by atoms with Crippen LogP contribution in [0.3, 0.4) is 0 Å². The molecule has 0 saturated carbocycles. The third kappa shape index (κ3) is 2.62. The molecule has 0 unspecified atom stereocenters. The van der Waals surface area contributed by atoms with Crippen LogP contribution in [-0.2, 0) is 0 Å². The van der Waals surface area contributed by atoms with Gasteiger partial charge in [-0.15, -0.1) is 0 Å². The molecule has 0 aliphatic heterocycles. The summed E-state index contributed by atoms with van der Waals surface area (Å²) >= 11 is 0. The van der Waals surface area contributed by atoms with Crippen LogP contribution >= 0.6 is 0 Å². The summed E-state index contributed by atoms with van der Waals surface area (Å²) in [5.74, 6) is 0.564. The maximum absolute atomic E-state index is 9.71. The summed E-state index contributed by atoms with van der Waals surface area (Å²) < 4.78 is 0. The van der Waals surface area contributed by atoms with Crippen LogP contribution in [0.1, 0.15) is 5.69 Å². The Labute approximate surface area is 124 Å². The third-order valence-corrected chi connectivity index (χ3v) is 3.69. The van der Waals surface area contributed by atoms with E-state index >= 15 is 0 Å². The third-order valence-electron chi connectivity index (χ3n) is 3.69. The van der Waals surface area contributed by atoms with Crippen LogP contribution < -0.4 is 11.2 Å². The summed E-state index contributed by atoms with van der Waals surface area (Å²) in [5, 5.41) is 11.8. The molecule has 2 aromatic carbocycles. The Morgan fingerprint density at radius 1 is 1.05 bits per heavy atom. The van der Waals surface area contributed by atoms with Crippen molar-refractivity contribution in [2.45, 2.75) is 13.7 Å². The second kappa shape index (κ2) is 5.22. The van der Waals surface area contributed by atoms with E-state index < -0.39 is 6.92 Å². The van der Waals surface area contributed by atoms with Crippen LogP contribution in [0.15, 0.2) is 48.5 Å². The highest BCUT2D eigenvalue weighted by molar-refractivity contribution is 6.64. The zero-order chi connectivity index (χ0) is 15.0. The van der Waals surface area contributed by atoms with Gasteiger partial charge in [-0.2, -0.15) is 0 Å². The quantitative estimate of drug-likeness (QED) is 0.707. The van der Waals surface area contributed by atoms with Crippen molar-refractivity contribution >= 4 is 29.0 Å². The van der Waals surface area contributed by atoms with Gasteiger partial charge < -0.3 is 10.8 Å². The molecule has 0 aliphatic carbocycles. The Balaban J connectivity index is 2.15. The van der Waals surface area contributed by atoms with Gasteiger partial charge in [0.2, 0.25) is 0 Å². The monoisotopic (exact) mass is 276 g/mol. The Bertz CT molecular complexity index is 815. The number of benzene rings is 2. The normalized spacial score (nSPS) is 10.8. The predicted molar refractivity (Wildman–Crippen MR) is 89.8 cm³/mol. The highest BCUT2D eigenvalue weighted by atomic mass is 16.2. The van der Waals surface area contributed by atoms with Crippen LogP contribution in [-0.4, -0.2) is 16.9 Å². The smallest absolute Gasteiger partial charge is 0.320 e. The lowest BCUT2D eigenvalue weighted by molar-refractivity contribution is 0.594. The fourth-order valence-electron chi connectivity index (χ4n) is 2.58. The van der Waals surface area contributed by atoms with E-state index in [9.17, 15) is 5.02 Å². The van der Waals surface area contributed by atoms with Gasteiger partial charge >= 0.3 is 6.92 Å². The van der Waals surface area contributed by atoms with E-state index in [0.717, 1.165) is 33.1 Å². The van der Waals surface area contributed by atoms with Crippen LogP contribution in [0, 0.1) is 6.92 Å². The molecule has 0 bridgehead atoms. The topological polar surface area (TPSA) is 59.1 Å². The number of pyridine rings is 1. The van der Waals surface area contributed by atoms with Gasteiger partial charge in [0.1, 0.15) is 5.82 Å². The molecule has 3 N–H and O–H groups in total. The zero-order valence-corrected chi connectivity index (χ0v) is 12.2. The fraction of sp³-hybridized carbons (Fsp3) is 0.118. The van der Waals surface area contributed by atoms with E-state index in [1.807, 2.05) is 49.4 Å². The number of nitrogens with two attached hydrogens (primary N) is 1. The molecule has 0 amide bonds. The van der Waals surface area contributed by atoms with Crippen molar-refractivity contribution in [1.82, 2.24) is 4.98 Å². The molecular formula is C17H17BN2O. The molecule has 0 atom stereocenters. The number of nitrogen functional groups attached to an aromatic ring is 1. The van der Waals surface area contributed by atoms with E-state index in [1.165, 1.54) is 0 Å². The highest BCUT2D eigenvalue weighted by Gasteiger charge is 2.08. The summed E-state index contributed by atoms with van der Waals surface area (Å²) in [7, 11) is 0. The lowest BCUT2D eigenvalue weighted by Crippen LogP contribution is -2.25. The van der Waals surface area contributed by atoms with E-state index in [0.29, 0.717) is 5.82 Å². The Morgan fingerprint density at radius 3 is 2.57 bits per heavy atom. The Kier molecular flexibility index (Phi) is 3.39. The van der Waals surface area contributed by atoms with E-state index in [4.69, 9.17) is 5.73 Å². The van der Waals surface area contributed by atoms with Crippen molar-refractivity contribution < 1.29 is 5.02 Å². The SMILES string of the molecule is CB(O)c1cccc(-c2ccc3c(N)nc(C)cc3c2)c1. The van der Waals surface area contributed by atoms with Crippen molar-refractivity contribution in [3.63, 3.8) is 0 Å². The maximum atomic E-state index is 9.71. The molecule has 0 spiro atoms. The molecule has 3 rings (SSSR count). The summed E-state index contributed by atoms with van der Waals surface area (Å²) in [5.41, 5.74) is 9.99. The van der Waals surface area contributed by atoms with Gasteiger partial charge in [0.05, 0.1) is 0 Å². The molecule has 21 heavy (non-hydrogen) atoms. The van der Waals surface area contributed by atoms with Crippen molar-refractivity contribution in [2.75, 3.05) is 5.73 Å². The average molecular weight is 276 g/mol. The molecular weight excluding hydrogens is 259 g/mol. The van der Waals surface area contributed by atoms with Crippen molar-refractivity contribution in [1.29, 1.82) is 0 Å². The second-order valence-corrected chi connectivity index (χ2v) is 5.39. The van der Waals surface area contributed by atoms with E-state index in [1.54, 1.807) is 6.82 Å². The van der Waals surface area contributed by atoms with Gasteiger partial charge in [0.15, 0.2) is 0 Å². The van der Waals surface area contributed by atoms with E-state index in [2.05, 4.69) is 11.1 Å². The first kappa shape index (κ1) is 13.6. The first-order valence-electron chi connectivity index (χ1n) is 7.00. The summed E-state index contributed by atoms with van der Waals surface area (Å²) in [6.45, 7) is 3.25. The molecule has 1 heterocycles. The van der Waals surface area contributed by atoms with Gasteiger partial charge in [-0.05, 0) is 41.0 Å². The Morgan fingerprint density at radius 2 is 1.81 bits per heavy atom. The number of nitrogens with zero attached hydrogens (tertiary/aromatic N) is 1. The highest BCUT2D eigenvalue weighted by Crippen LogP contribution is 2.26. The molecule has 3 nitrogen and oxygen atoms in total. The fourth-order valence-corrected chi connectivity index (χ4v) is 2.58. The average Bonchev–Trinajstić information content (AvgIpc) is 2.46. The predicted octanol–water partition coefficient (Wildman–Crippen LogP) is 2.61. The lowest BCUT2D eigenvalue weighted by Gasteiger charge is -2.09. The first-order chi connectivity index (χ1) is 10.0. The standard InChI is InChI=1S/C17H17BN2O/c1-11-8-14-9-13(6-7-16(14)17(19)20-11)12-4-3-5-15(10-12)18(2)21/h3-10,21H,1-2H3,(H2,19,20). The molecule has 4 heteroatoms. The lowest BCUT2D eigenvalue weighted by atomic mass is 9.64. The number of hydrogen-bond acceptors (Lipinski definition) is 3. The molecule has 0 aliphatic rings. The minimum absolute atomic E-state index is 0.465. The number of aryl methyl sites for hydroxylation is 1. The number of fused-ring (bicyclic) bond motifs is 1. The van der Waals surface area contributed by atoms with Crippen LogP contribution in [0.4, 0.5) is 5.82 Å². The van der Waals surface area contributed by atoms with Gasteiger partial charge in [0, 0.05) is 11.1 Å². The van der Waals surface area contributed by atoms with Crippen molar-refractivity contribution in [2.24, 2.45) is 0 Å². The molecule has 0 saturated heterocycles. The molecule has 1 aromatic heterocycles. The van der Waals surface area contributed by atoms with Gasteiger partial charge in [-0.25, -0.2) is 4.98 Å². The maximum Gasteiger partial charge on any atom is 0.320 e. The first-order valence-corrected chi connectivity index (χ1v) is 7.00. The van der Waals surface area contributed by atoms with Crippen LogP contribution in [0.2, 0.25) is 6.82 Å². The largest absolute Gasteiger partial charge is 0.447 e. The summed E-state index contributed by atoms with van der Waals surface area (Å²) in [4.78, 5) is 4.29. The van der Waals surface area contributed by atoms with Crippen LogP contribution in [0.25, 0.3) is 21.9 Å². The van der Waals surface area contributed by atoms with Gasteiger partial charge in [-0.1, -0.05) is 43.2 Å². The second-order valence-electron chi connectivity index (χ2n) is 5.39.